The number of guanidine groups is 1. The number of fused-ring (bicyclic) bond motifs is 1. The molecule has 1 N–H and O–H groups in total. The maximum atomic E-state index is 5.69. The number of hydrogen-bond acceptors (Lipinski definition) is 3. The van der Waals surface area contributed by atoms with E-state index in [0.29, 0.717) is 19.1 Å². The van der Waals surface area contributed by atoms with E-state index in [1.165, 1.54) is 16.3 Å². The van der Waals surface area contributed by atoms with Crippen molar-refractivity contribution in [3.63, 3.8) is 0 Å². The average Bonchev–Trinajstić information content (AvgIpc) is 3.14. The highest BCUT2D eigenvalue weighted by Crippen LogP contribution is 2.19. The number of aliphatic imine (C=N–C) groups is 1. The summed E-state index contributed by atoms with van der Waals surface area (Å²) in [6.45, 7) is 4.90. The van der Waals surface area contributed by atoms with Crippen LogP contribution in [-0.4, -0.2) is 57.9 Å². The molecule has 1 aliphatic rings. The van der Waals surface area contributed by atoms with Crippen LogP contribution in [0.4, 0.5) is 0 Å². The number of ether oxygens (including phenoxy) is 2. The molecule has 1 aliphatic heterocycles. The molecule has 0 saturated carbocycles. The van der Waals surface area contributed by atoms with Crippen molar-refractivity contribution in [2.75, 3.05) is 47.1 Å². The normalized spacial score (nSPS) is 17.8. The molecule has 5 heteroatoms. The second-order valence-corrected chi connectivity index (χ2v) is 6.71. The van der Waals surface area contributed by atoms with E-state index in [0.717, 1.165) is 38.6 Å². The Morgan fingerprint density at radius 2 is 2.04 bits per heavy atom. The van der Waals surface area contributed by atoms with Crippen molar-refractivity contribution in [2.24, 2.45) is 10.9 Å². The standard InChI is InChI=1S/C21H29N3O2/c1-22-21(24-11-10-17(15-24)16-26-13-12-25-2)23-14-19-8-5-7-18-6-3-4-9-20(18)19/h3-9,17H,10-16H2,1-2H3,(H,22,23). The van der Waals surface area contributed by atoms with Gasteiger partial charge in [-0.3, -0.25) is 4.99 Å². The minimum absolute atomic E-state index is 0.558. The molecule has 0 amide bonds. The number of benzene rings is 2. The molecule has 26 heavy (non-hydrogen) atoms. The van der Waals surface area contributed by atoms with Crippen LogP contribution in [0, 0.1) is 5.92 Å². The van der Waals surface area contributed by atoms with Gasteiger partial charge in [-0.25, -0.2) is 0 Å². The van der Waals surface area contributed by atoms with Crippen molar-refractivity contribution in [3.8, 4) is 0 Å². The largest absolute Gasteiger partial charge is 0.382 e. The summed E-state index contributed by atoms with van der Waals surface area (Å²) in [4.78, 5) is 6.81. The summed E-state index contributed by atoms with van der Waals surface area (Å²) in [5.41, 5.74) is 1.29. The van der Waals surface area contributed by atoms with Crippen LogP contribution in [0.1, 0.15) is 12.0 Å². The van der Waals surface area contributed by atoms with Crippen molar-refractivity contribution >= 4 is 16.7 Å². The summed E-state index contributed by atoms with van der Waals surface area (Å²) in [5, 5.41) is 6.10. The Hall–Kier alpha value is -2.11. The predicted octanol–water partition coefficient (Wildman–Crippen LogP) is 2.90. The molecule has 1 saturated heterocycles. The zero-order valence-corrected chi connectivity index (χ0v) is 15.8. The number of nitrogens with one attached hydrogen (secondary N) is 1. The Kier molecular flexibility index (Phi) is 6.86. The Bertz CT molecular complexity index is 727. The summed E-state index contributed by atoms with van der Waals surface area (Å²) in [5.74, 6) is 1.53. The third kappa shape index (κ3) is 4.74. The molecule has 0 aromatic heterocycles. The van der Waals surface area contributed by atoms with E-state index in [9.17, 15) is 0 Å². The van der Waals surface area contributed by atoms with E-state index in [1.807, 2.05) is 7.05 Å². The smallest absolute Gasteiger partial charge is 0.193 e. The van der Waals surface area contributed by atoms with Gasteiger partial charge >= 0.3 is 0 Å². The molecule has 1 heterocycles. The molecule has 0 radical (unpaired) electrons. The molecule has 2 aromatic carbocycles. The summed E-state index contributed by atoms with van der Waals surface area (Å²) in [6.07, 6.45) is 1.14. The molecule has 1 fully saturated rings. The molecular formula is C21H29N3O2. The maximum absolute atomic E-state index is 5.69. The lowest BCUT2D eigenvalue weighted by Crippen LogP contribution is -2.39. The Balaban J connectivity index is 1.54. The highest BCUT2D eigenvalue weighted by molar-refractivity contribution is 5.86. The summed E-state index contributed by atoms with van der Waals surface area (Å²) < 4.78 is 10.7. The molecule has 5 nitrogen and oxygen atoms in total. The van der Waals surface area contributed by atoms with E-state index in [4.69, 9.17) is 9.47 Å². The van der Waals surface area contributed by atoms with Gasteiger partial charge in [0.25, 0.3) is 0 Å². The number of hydrogen-bond donors (Lipinski definition) is 1. The second kappa shape index (κ2) is 9.55. The van der Waals surface area contributed by atoms with E-state index in [1.54, 1.807) is 7.11 Å². The summed E-state index contributed by atoms with van der Waals surface area (Å²) in [6, 6.07) is 15.0. The van der Waals surface area contributed by atoms with Gasteiger partial charge in [0.15, 0.2) is 5.96 Å². The first-order valence-electron chi connectivity index (χ1n) is 9.30. The van der Waals surface area contributed by atoms with Gasteiger partial charge in [-0.1, -0.05) is 42.5 Å². The lowest BCUT2D eigenvalue weighted by Gasteiger charge is -2.22. The van der Waals surface area contributed by atoms with Gasteiger partial charge in [0.2, 0.25) is 0 Å². The summed E-state index contributed by atoms with van der Waals surface area (Å²) >= 11 is 0. The Morgan fingerprint density at radius 1 is 1.19 bits per heavy atom. The molecule has 2 aromatic rings. The molecule has 0 spiro atoms. The maximum Gasteiger partial charge on any atom is 0.193 e. The fraction of sp³-hybridized carbons (Fsp3) is 0.476. The van der Waals surface area contributed by atoms with Gasteiger partial charge in [-0.15, -0.1) is 0 Å². The van der Waals surface area contributed by atoms with E-state index >= 15 is 0 Å². The minimum atomic E-state index is 0.558. The number of rotatable bonds is 7. The Morgan fingerprint density at radius 3 is 2.88 bits per heavy atom. The van der Waals surface area contributed by atoms with Gasteiger partial charge in [0, 0.05) is 39.7 Å². The van der Waals surface area contributed by atoms with Crippen LogP contribution < -0.4 is 5.32 Å². The van der Waals surface area contributed by atoms with Crippen molar-refractivity contribution < 1.29 is 9.47 Å². The van der Waals surface area contributed by atoms with Gasteiger partial charge in [-0.2, -0.15) is 0 Å². The number of methoxy groups -OCH3 is 1. The van der Waals surface area contributed by atoms with Crippen LogP contribution in [0.25, 0.3) is 10.8 Å². The van der Waals surface area contributed by atoms with Crippen molar-refractivity contribution in [3.05, 3.63) is 48.0 Å². The first-order chi connectivity index (χ1) is 12.8. The van der Waals surface area contributed by atoms with Crippen LogP contribution in [0.3, 0.4) is 0 Å². The zero-order valence-electron chi connectivity index (χ0n) is 15.8. The van der Waals surface area contributed by atoms with E-state index in [-0.39, 0.29) is 0 Å². The SMILES string of the molecule is CN=C(NCc1cccc2ccccc12)N1CCC(COCCOC)C1. The van der Waals surface area contributed by atoms with Crippen molar-refractivity contribution in [2.45, 2.75) is 13.0 Å². The summed E-state index contributed by atoms with van der Waals surface area (Å²) in [7, 11) is 3.56. The van der Waals surface area contributed by atoms with Crippen LogP contribution in [0.15, 0.2) is 47.5 Å². The molecule has 0 aliphatic carbocycles. The first kappa shape index (κ1) is 18.7. The third-order valence-corrected chi connectivity index (χ3v) is 4.90. The van der Waals surface area contributed by atoms with Crippen molar-refractivity contribution in [1.82, 2.24) is 10.2 Å². The second-order valence-electron chi connectivity index (χ2n) is 6.71. The lowest BCUT2D eigenvalue weighted by molar-refractivity contribution is 0.0536. The zero-order chi connectivity index (χ0) is 18.2. The van der Waals surface area contributed by atoms with Gasteiger partial charge in [0.1, 0.15) is 0 Å². The quantitative estimate of drug-likeness (QED) is 0.471. The van der Waals surface area contributed by atoms with Gasteiger partial charge < -0.3 is 19.7 Å². The molecule has 1 atom stereocenters. The predicted molar refractivity (Wildman–Crippen MR) is 107 cm³/mol. The fourth-order valence-electron chi connectivity index (χ4n) is 3.51. The van der Waals surface area contributed by atoms with Crippen LogP contribution in [0.2, 0.25) is 0 Å². The molecule has 0 bridgehead atoms. The third-order valence-electron chi connectivity index (χ3n) is 4.90. The van der Waals surface area contributed by atoms with Gasteiger partial charge in [-0.05, 0) is 22.8 Å². The minimum Gasteiger partial charge on any atom is -0.382 e. The van der Waals surface area contributed by atoms with Crippen LogP contribution in [0.5, 0.6) is 0 Å². The average molecular weight is 355 g/mol. The molecule has 1 unspecified atom stereocenters. The van der Waals surface area contributed by atoms with Gasteiger partial charge in [0.05, 0.1) is 19.8 Å². The topological polar surface area (TPSA) is 46.1 Å². The number of likely N-dealkylation sites (tertiary alicyclic amines) is 1. The Labute approximate surface area is 156 Å². The number of nitrogens with zero attached hydrogens (tertiary/aromatic N) is 2. The first-order valence-corrected chi connectivity index (χ1v) is 9.30. The fourth-order valence-corrected chi connectivity index (χ4v) is 3.51. The monoisotopic (exact) mass is 355 g/mol. The highest BCUT2D eigenvalue weighted by atomic mass is 16.5. The van der Waals surface area contributed by atoms with Crippen LogP contribution >= 0.6 is 0 Å². The molecular weight excluding hydrogens is 326 g/mol. The highest BCUT2D eigenvalue weighted by Gasteiger charge is 2.24. The van der Waals surface area contributed by atoms with Crippen molar-refractivity contribution in [1.29, 1.82) is 0 Å². The van der Waals surface area contributed by atoms with E-state index in [2.05, 4.69) is 57.7 Å². The lowest BCUT2D eigenvalue weighted by atomic mass is 10.0. The molecule has 140 valence electrons. The molecule has 3 rings (SSSR count). The van der Waals surface area contributed by atoms with E-state index < -0.39 is 0 Å². The van der Waals surface area contributed by atoms with Crippen LogP contribution in [-0.2, 0) is 16.0 Å².